The topological polar surface area (TPSA) is 77.5 Å². The maximum atomic E-state index is 12.2. The Hall–Kier alpha value is -2.47. The summed E-state index contributed by atoms with van der Waals surface area (Å²) < 4.78 is 27.7. The van der Waals surface area contributed by atoms with E-state index in [2.05, 4.69) is 0 Å². The molecule has 2 aromatic carbocycles. The second-order valence-corrected chi connectivity index (χ2v) is 7.69. The number of sulfone groups is 1. The second kappa shape index (κ2) is 7.40. The van der Waals surface area contributed by atoms with Crippen molar-refractivity contribution in [3.63, 3.8) is 0 Å². The number of esters is 1. The maximum Gasteiger partial charge on any atom is 0.338 e. The van der Waals surface area contributed by atoms with Crippen LogP contribution in [0.5, 0.6) is 0 Å². The minimum atomic E-state index is -3.13. The van der Waals surface area contributed by atoms with Gasteiger partial charge in [0.1, 0.15) is 0 Å². The molecule has 0 N–H and O–H groups in total. The molecule has 0 bridgehead atoms. The van der Waals surface area contributed by atoms with Gasteiger partial charge in [-0.3, -0.25) is 4.79 Å². The van der Waals surface area contributed by atoms with Crippen LogP contribution < -0.4 is 0 Å². The Morgan fingerprint density at radius 2 is 1.54 bits per heavy atom. The van der Waals surface area contributed by atoms with Crippen LogP contribution >= 0.6 is 0 Å². The Morgan fingerprint density at radius 3 is 2.08 bits per heavy atom. The van der Waals surface area contributed by atoms with Gasteiger partial charge in [0.15, 0.2) is 15.9 Å². The lowest BCUT2D eigenvalue weighted by molar-refractivity contribution is 0.0319. The lowest BCUT2D eigenvalue weighted by Crippen LogP contribution is -2.24. The number of carbonyl (C=O) groups is 2. The molecule has 0 saturated carbocycles. The molecule has 0 aliphatic heterocycles. The Morgan fingerprint density at radius 1 is 0.958 bits per heavy atom. The third-order valence-electron chi connectivity index (χ3n) is 3.33. The zero-order valence-corrected chi connectivity index (χ0v) is 14.2. The molecule has 126 valence electrons. The van der Waals surface area contributed by atoms with Gasteiger partial charge in [-0.15, -0.1) is 0 Å². The van der Waals surface area contributed by atoms with E-state index in [9.17, 15) is 18.0 Å². The predicted molar refractivity (Wildman–Crippen MR) is 90.6 cm³/mol. The van der Waals surface area contributed by atoms with E-state index in [1.165, 1.54) is 19.1 Å². The van der Waals surface area contributed by atoms with E-state index in [1.807, 2.05) is 0 Å². The molecular formula is C18H18O5S. The molecule has 24 heavy (non-hydrogen) atoms. The van der Waals surface area contributed by atoms with Crippen LogP contribution in [-0.4, -0.2) is 32.5 Å². The van der Waals surface area contributed by atoms with Gasteiger partial charge in [0, 0.05) is 11.8 Å². The molecule has 0 amide bonds. The monoisotopic (exact) mass is 346 g/mol. The highest BCUT2D eigenvalue weighted by Crippen LogP contribution is 2.12. The summed E-state index contributed by atoms with van der Waals surface area (Å²) in [7, 11) is -3.13. The van der Waals surface area contributed by atoms with Crippen LogP contribution in [0, 0.1) is 0 Å². The molecule has 0 heterocycles. The van der Waals surface area contributed by atoms with Crippen molar-refractivity contribution in [2.45, 2.75) is 18.8 Å². The van der Waals surface area contributed by atoms with Crippen molar-refractivity contribution < 1.29 is 22.7 Å². The Balaban J connectivity index is 2.03. The number of hydrogen-bond donors (Lipinski definition) is 0. The zero-order valence-electron chi connectivity index (χ0n) is 13.4. The fourth-order valence-electron chi connectivity index (χ4n) is 2.16. The first-order valence-electron chi connectivity index (χ1n) is 7.33. The number of benzene rings is 2. The van der Waals surface area contributed by atoms with E-state index in [0.717, 1.165) is 6.26 Å². The van der Waals surface area contributed by atoms with E-state index in [4.69, 9.17) is 4.74 Å². The fourth-order valence-corrected chi connectivity index (χ4v) is 2.96. The summed E-state index contributed by atoms with van der Waals surface area (Å²) in [5.41, 5.74) is 1.32. The van der Waals surface area contributed by atoms with E-state index in [-0.39, 0.29) is 17.1 Å². The number of carbonyl (C=O) groups excluding carboxylic acids is 2. The number of Topliss-reactive ketones (excluding diaryl/α,β-unsaturated/α-hetero) is 1. The highest BCUT2D eigenvalue weighted by molar-refractivity contribution is 7.89. The van der Waals surface area contributed by atoms with E-state index >= 15 is 0 Å². The average Bonchev–Trinajstić information content (AvgIpc) is 2.54. The quantitative estimate of drug-likeness (QED) is 0.593. The SMILES string of the molecule is C[C@H](OC(=O)c1ccc(CS(C)(=O)=O)cc1)C(=O)c1ccccc1. The number of rotatable bonds is 6. The molecule has 1 atom stereocenters. The van der Waals surface area contributed by atoms with Crippen LogP contribution in [0.2, 0.25) is 0 Å². The maximum absolute atomic E-state index is 12.2. The molecule has 0 spiro atoms. The Kier molecular flexibility index (Phi) is 5.51. The first-order chi connectivity index (χ1) is 11.3. The summed E-state index contributed by atoms with van der Waals surface area (Å²) in [5, 5.41) is 0. The van der Waals surface area contributed by atoms with Gasteiger partial charge in [0.2, 0.25) is 5.78 Å². The first kappa shape index (κ1) is 17.9. The molecule has 0 aliphatic carbocycles. The molecular weight excluding hydrogens is 328 g/mol. The second-order valence-electron chi connectivity index (χ2n) is 5.54. The van der Waals surface area contributed by atoms with Gasteiger partial charge in [0.25, 0.3) is 0 Å². The summed E-state index contributed by atoms with van der Waals surface area (Å²) in [4.78, 5) is 24.3. The highest BCUT2D eigenvalue weighted by Gasteiger charge is 2.20. The Bertz CT molecular complexity index is 823. The Labute approximate surface area is 141 Å². The zero-order chi connectivity index (χ0) is 17.7. The minimum absolute atomic E-state index is 0.0920. The van der Waals surface area contributed by atoms with E-state index in [1.54, 1.807) is 42.5 Å². The average molecular weight is 346 g/mol. The third-order valence-corrected chi connectivity index (χ3v) is 4.19. The van der Waals surface area contributed by atoms with Gasteiger partial charge in [0.05, 0.1) is 11.3 Å². The molecule has 0 aliphatic rings. The highest BCUT2D eigenvalue weighted by atomic mass is 32.2. The van der Waals surface area contributed by atoms with Crippen molar-refractivity contribution in [1.29, 1.82) is 0 Å². The third kappa shape index (κ3) is 5.03. The number of ether oxygens (including phenoxy) is 1. The molecule has 6 heteroatoms. The summed E-state index contributed by atoms with van der Waals surface area (Å²) in [5.74, 6) is -0.999. The van der Waals surface area contributed by atoms with Gasteiger partial charge in [-0.05, 0) is 24.6 Å². The van der Waals surface area contributed by atoms with Crippen molar-refractivity contribution in [3.05, 3.63) is 71.3 Å². The van der Waals surface area contributed by atoms with Crippen LogP contribution in [0.15, 0.2) is 54.6 Å². The minimum Gasteiger partial charge on any atom is -0.451 e. The van der Waals surface area contributed by atoms with Crippen molar-refractivity contribution in [2.24, 2.45) is 0 Å². The van der Waals surface area contributed by atoms with E-state index < -0.39 is 21.9 Å². The van der Waals surface area contributed by atoms with Crippen molar-refractivity contribution in [2.75, 3.05) is 6.26 Å². The van der Waals surface area contributed by atoms with Crippen molar-refractivity contribution in [1.82, 2.24) is 0 Å². The summed E-state index contributed by atoms with van der Waals surface area (Å²) in [6.45, 7) is 1.52. The summed E-state index contributed by atoms with van der Waals surface area (Å²) in [6.07, 6.45) is 0.238. The molecule has 5 nitrogen and oxygen atoms in total. The lowest BCUT2D eigenvalue weighted by Gasteiger charge is -2.12. The summed E-state index contributed by atoms with van der Waals surface area (Å²) >= 11 is 0. The normalized spacial score (nSPS) is 12.4. The van der Waals surface area contributed by atoms with E-state index in [0.29, 0.717) is 11.1 Å². The van der Waals surface area contributed by atoms with Crippen LogP contribution in [-0.2, 0) is 20.3 Å². The first-order valence-corrected chi connectivity index (χ1v) is 9.39. The van der Waals surface area contributed by atoms with Gasteiger partial charge in [-0.1, -0.05) is 42.5 Å². The molecule has 2 rings (SSSR count). The van der Waals surface area contributed by atoms with Crippen LogP contribution in [0.4, 0.5) is 0 Å². The predicted octanol–water partition coefficient (Wildman–Crippen LogP) is 2.66. The summed E-state index contributed by atoms with van der Waals surface area (Å²) in [6, 6.07) is 14.7. The van der Waals surface area contributed by atoms with Gasteiger partial charge in [-0.25, -0.2) is 13.2 Å². The molecule has 0 unspecified atom stereocenters. The van der Waals surface area contributed by atoms with Crippen LogP contribution in [0.1, 0.15) is 33.2 Å². The number of hydrogen-bond acceptors (Lipinski definition) is 5. The van der Waals surface area contributed by atoms with Crippen LogP contribution in [0.25, 0.3) is 0 Å². The standard InChI is InChI=1S/C18H18O5S/c1-13(17(19)15-6-4-3-5-7-15)23-18(20)16-10-8-14(9-11-16)12-24(2,21)22/h3-11,13H,12H2,1-2H3/t13-/m0/s1. The molecule has 2 aromatic rings. The van der Waals surface area contributed by atoms with Gasteiger partial charge >= 0.3 is 5.97 Å². The van der Waals surface area contributed by atoms with Crippen molar-refractivity contribution >= 4 is 21.6 Å². The van der Waals surface area contributed by atoms with Gasteiger partial charge < -0.3 is 4.74 Å². The fraction of sp³-hybridized carbons (Fsp3) is 0.222. The lowest BCUT2D eigenvalue weighted by atomic mass is 10.1. The van der Waals surface area contributed by atoms with Crippen LogP contribution in [0.3, 0.4) is 0 Å². The molecule has 0 saturated heterocycles. The van der Waals surface area contributed by atoms with Gasteiger partial charge in [-0.2, -0.15) is 0 Å². The molecule has 0 fully saturated rings. The smallest absolute Gasteiger partial charge is 0.338 e. The van der Waals surface area contributed by atoms with Crippen molar-refractivity contribution in [3.8, 4) is 0 Å². The molecule has 0 aromatic heterocycles. The largest absolute Gasteiger partial charge is 0.451 e. The number of ketones is 1. The molecule has 0 radical (unpaired) electrons.